The van der Waals surface area contributed by atoms with Gasteiger partial charge in [0, 0.05) is 19.3 Å². The number of anilines is 2. The van der Waals surface area contributed by atoms with Gasteiger partial charge in [-0.15, -0.1) is 0 Å². The average Bonchev–Trinajstić information content (AvgIpc) is 3.01. The topological polar surface area (TPSA) is 77.4 Å². The van der Waals surface area contributed by atoms with Crippen molar-refractivity contribution in [3.63, 3.8) is 0 Å². The molecule has 0 unspecified atom stereocenters. The molecule has 0 bridgehead atoms. The fourth-order valence-electron chi connectivity index (χ4n) is 2.78. The summed E-state index contributed by atoms with van der Waals surface area (Å²) in [6.07, 6.45) is 0. The van der Waals surface area contributed by atoms with Crippen LogP contribution in [0.3, 0.4) is 0 Å². The minimum atomic E-state index is -0.128. The Bertz CT molecular complexity index is 890. The number of carbonyl (C=O) groups excluding carboxylic acids is 1. The van der Waals surface area contributed by atoms with Crippen LogP contribution in [-0.4, -0.2) is 42.3 Å². The Hall–Kier alpha value is -3.06. The van der Waals surface area contributed by atoms with Crippen LogP contribution < -0.4 is 15.4 Å². The van der Waals surface area contributed by atoms with Gasteiger partial charge in [0.05, 0.1) is 24.2 Å². The normalized spacial score (nSPS) is 10.7. The molecule has 0 spiro atoms. The first-order valence-electron chi connectivity index (χ1n) is 8.92. The molecule has 1 amide bonds. The van der Waals surface area contributed by atoms with Crippen LogP contribution in [-0.2, 0) is 16.1 Å². The number of para-hydroxylation sites is 2. The number of ether oxygens (including phenoxy) is 2. The summed E-state index contributed by atoms with van der Waals surface area (Å²) in [6, 6.07) is 15.1. The number of hydrogen-bond acceptors (Lipinski definition) is 5. The molecule has 3 aromatic rings. The third kappa shape index (κ3) is 4.77. The van der Waals surface area contributed by atoms with Gasteiger partial charge in [-0.1, -0.05) is 12.1 Å². The highest BCUT2D eigenvalue weighted by molar-refractivity contribution is 5.92. The van der Waals surface area contributed by atoms with E-state index in [9.17, 15) is 4.79 Å². The van der Waals surface area contributed by atoms with E-state index in [1.165, 1.54) is 0 Å². The van der Waals surface area contributed by atoms with Gasteiger partial charge in [0.15, 0.2) is 0 Å². The lowest BCUT2D eigenvalue weighted by atomic mass is 10.3. The maximum Gasteiger partial charge on any atom is 0.244 e. The maximum absolute atomic E-state index is 12.6. The van der Waals surface area contributed by atoms with Crippen LogP contribution in [0.1, 0.15) is 6.92 Å². The fraction of sp³-hybridized carbons (Fsp3) is 0.300. The van der Waals surface area contributed by atoms with Crippen molar-refractivity contribution < 1.29 is 14.3 Å². The van der Waals surface area contributed by atoms with Gasteiger partial charge in [-0.25, -0.2) is 4.98 Å². The quantitative estimate of drug-likeness (QED) is 0.568. The van der Waals surface area contributed by atoms with E-state index < -0.39 is 0 Å². The number of fused-ring (bicyclic) bond motifs is 1. The molecule has 27 heavy (non-hydrogen) atoms. The largest absolute Gasteiger partial charge is 0.494 e. The van der Waals surface area contributed by atoms with Gasteiger partial charge in [0.1, 0.15) is 12.3 Å². The number of imidazole rings is 1. The summed E-state index contributed by atoms with van der Waals surface area (Å²) >= 11 is 0. The summed E-state index contributed by atoms with van der Waals surface area (Å²) in [5.74, 6) is 1.30. The van der Waals surface area contributed by atoms with Crippen LogP contribution >= 0.6 is 0 Å². The van der Waals surface area contributed by atoms with Crippen LogP contribution in [0.2, 0.25) is 0 Å². The minimum absolute atomic E-state index is 0.128. The van der Waals surface area contributed by atoms with Gasteiger partial charge < -0.3 is 24.7 Å². The molecule has 0 aliphatic heterocycles. The van der Waals surface area contributed by atoms with Crippen LogP contribution in [0.5, 0.6) is 5.75 Å². The summed E-state index contributed by atoms with van der Waals surface area (Å²) in [5, 5.41) is 6.14. The lowest BCUT2D eigenvalue weighted by molar-refractivity contribution is -0.116. The number of amides is 1. The summed E-state index contributed by atoms with van der Waals surface area (Å²) in [7, 11) is 1.65. The Morgan fingerprint density at radius 3 is 2.67 bits per heavy atom. The second kappa shape index (κ2) is 9.05. The molecule has 0 radical (unpaired) electrons. The minimum Gasteiger partial charge on any atom is -0.494 e. The first-order chi connectivity index (χ1) is 13.2. The zero-order chi connectivity index (χ0) is 19.1. The maximum atomic E-state index is 12.6. The van der Waals surface area contributed by atoms with Crippen molar-refractivity contribution in [2.75, 3.05) is 37.5 Å². The fourth-order valence-corrected chi connectivity index (χ4v) is 2.78. The predicted octanol–water partition coefficient (Wildman–Crippen LogP) is 3.13. The number of rotatable bonds is 9. The number of hydrogen-bond donors (Lipinski definition) is 2. The third-order valence-electron chi connectivity index (χ3n) is 3.99. The zero-order valence-corrected chi connectivity index (χ0v) is 15.6. The molecular weight excluding hydrogens is 344 g/mol. The summed E-state index contributed by atoms with van der Waals surface area (Å²) in [4.78, 5) is 17.1. The SMILES string of the molecule is CCOc1ccc(NC(=O)Cn2c(NCCOC)nc3ccccc32)cc1. The van der Waals surface area contributed by atoms with Crippen molar-refractivity contribution in [2.45, 2.75) is 13.5 Å². The summed E-state index contributed by atoms with van der Waals surface area (Å²) in [5.41, 5.74) is 2.47. The first kappa shape index (κ1) is 18.7. The monoisotopic (exact) mass is 368 g/mol. The first-order valence-corrected chi connectivity index (χ1v) is 8.92. The number of nitrogens with one attached hydrogen (secondary N) is 2. The van der Waals surface area contributed by atoms with Gasteiger partial charge >= 0.3 is 0 Å². The molecule has 0 fully saturated rings. The molecule has 1 heterocycles. The van der Waals surface area contributed by atoms with E-state index >= 15 is 0 Å². The van der Waals surface area contributed by atoms with E-state index in [1.807, 2.05) is 60.0 Å². The second-order valence-corrected chi connectivity index (χ2v) is 5.94. The number of carbonyl (C=O) groups is 1. The molecule has 7 nitrogen and oxygen atoms in total. The Morgan fingerprint density at radius 2 is 1.93 bits per heavy atom. The number of aromatic nitrogens is 2. The van der Waals surface area contributed by atoms with Crippen molar-refractivity contribution in [1.82, 2.24) is 9.55 Å². The van der Waals surface area contributed by atoms with Gasteiger partial charge in [0.2, 0.25) is 11.9 Å². The number of methoxy groups -OCH3 is 1. The molecule has 1 aromatic heterocycles. The van der Waals surface area contributed by atoms with E-state index in [2.05, 4.69) is 15.6 Å². The predicted molar refractivity (Wildman–Crippen MR) is 106 cm³/mol. The molecule has 2 aromatic carbocycles. The highest BCUT2D eigenvalue weighted by Gasteiger charge is 2.13. The Morgan fingerprint density at radius 1 is 1.15 bits per heavy atom. The van der Waals surface area contributed by atoms with E-state index in [1.54, 1.807) is 7.11 Å². The molecule has 2 N–H and O–H groups in total. The van der Waals surface area contributed by atoms with Crippen molar-refractivity contribution >= 4 is 28.6 Å². The standard InChI is InChI=1S/C20H24N4O3/c1-3-27-16-10-8-15(9-11-16)22-19(25)14-24-18-7-5-4-6-17(18)23-20(24)21-12-13-26-2/h4-11H,3,12-14H2,1-2H3,(H,21,23)(H,22,25). The Balaban J connectivity index is 1.74. The zero-order valence-electron chi connectivity index (χ0n) is 15.6. The van der Waals surface area contributed by atoms with Crippen LogP contribution in [0, 0.1) is 0 Å². The lowest BCUT2D eigenvalue weighted by Crippen LogP contribution is -2.21. The van der Waals surface area contributed by atoms with Crippen molar-refractivity contribution in [1.29, 1.82) is 0 Å². The van der Waals surface area contributed by atoms with E-state index in [4.69, 9.17) is 9.47 Å². The van der Waals surface area contributed by atoms with Gasteiger partial charge in [0.25, 0.3) is 0 Å². The van der Waals surface area contributed by atoms with Crippen LogP contribution in [0.25, 0.3) is 11.0 Å². The molecule has 0 saturated carbocycles. The number of nitrogens with zero attached hydrogens (tertiary/aromatic N) is 2. The Labute approximate surface area is 158 Å². The molecule has 0 atom stereocenters. The molecule has 0 aliphatic rings. The number of benzene rings is 2. The third-order valence-corrected chi connectivity index (χ3v) is 3.99. The van der Waals surface area contributed by atoms with Gasteiger partial charge in [-0.3, -0.25) is 4.79 Å². The molecule has 7 heteroatoms. The average molecular weight is 368 g/mol. The highest BCUT2D eigenvalue weighted by Crippen LogP contribution is 2.20. The summed E-state index contributed by atoms with van der Waals surface area (Å²) in [6.45, 7) is 3.87. The molecule has 0 aliphatic carbocycles. The lowest BCUT2D eigenvalue weighted by Gasteiger charge is -2.11. The molecule has 142 valence electrons. The van der Waals surface area contributed by atoms with Crippen LogP contribution in [0.15, 0.2) is 48.5 Å². The van der Waals surface area contributed by atoms with Crippen molar-refractivity contribution in [3.05, 3.63) is 48.5 Å². The van der Waals surface area contributed by atoms with E-state index in [0.717, 1.165) is 22.5 Å². The van der Waals surface area contributed by atoms with Crippen molar-refractivity contribution in [3.8, 4) is 5.75 Å². The molecule has 0 saturated heterocycles. The molecular formula is C20H24N4O3. The smallest absolute Gasteiger partial charge is 0.244 e. The Kier molecular flexibility index (Phi) is 6.27. The van der Waals surface area contributed by atoms with Gasteiger partial charge in [-0.05, 0) is 43.3 Å². The molecule has 3 rings (SSSR count). The van der Waals surface area contributed by atoms with Crippen molar-refractivity contribution in [2.24, 2.45) is 0 Å². The van der Waals surface area contributed by atoms with Crippen LogP contribution in [0.4, 0.5) is 11.6 Å². The second-order valence-electron chi connectivity index (χ2n) is 5.94. The highest BCUT2D eigenvalue weighted by atomic mass is 16.5. The van der Waals surface area contributed by atoms with Gasteiger partial charge in [-0.2, -0.15) is 0 Å². The summed E-state index contributed by atoms with van der Waals surface area (Å²) < 4.78 is 12.4. The van der Waals surface area contributed by atoms with E-state index in [0.29, 0.717) is 25.7 Å². The van der Waals surface area contributed by atoms with E-state index in [-0.39, 0.29) is 12.5 Å².